The van der Waals surface area contributed by atoms with Crippen LogP contribution >= 0.6 is 0 Å². The van der Waals surface area contributed by atoms with Crippen LogP contribution in [0, 0.1) is 10.1 Å². The number of nitro groups is 1. The van der Waals surface area contributed by atoms with Crippen LogP contribution in [0.15, 0.2) is 28.0 Å². The first-order valence-corrected chi connectivity index (χ1v) is 12.1. The summed E-state index contributed by atoms with van der Waals surface area (Å²) in [5.41, 5.74) is -1.92. The van der Waals surface area contributed by atoms with Crippen LogP contribution in [0.1, 0.15) is 0 Å². The molecule has 1 aromatic carbocycles. The van der Waals surface area contributed by atoms with Crippen LogP contribution in [0.5, 0.6) is 0 Å². The van der Waals surface area contributed by atoms with E-state index in [1.165, 1.54) is 0 Å². The Morgan fingerprint density at radius 1 is 0.927 bits per heavy atom. The summed E-state index contributed by atoms with van der Waals surface area (Å²) >= 11 is 0. The van der Waals surface area contributed by atoms with Gasteiger partial charge in [0, 0.05) is 6.07 Å². The summed E-state index contributed by atoms with van der Waals surface area (Å²) in [5, 5.41) is 4.16. The van der Waals surface area contributed by atoms with E-state index in [0.717, 1.165) is 0 Å². The zero-order valence-corrected chi connectivity index (χ0v) is 20.1. The summed E-state index contributed by atoms with van der Waals surface area (Å²) in [6.07, 6.45) is -12.5. The smallest absolute Gasteiger partial charge is 0.458 e. The first-order chi connectivity index (χ1) is 18.0. The maximum Gasteiger partial charge on any atom is 0.461 e. The quantitative estimate of drug-likeness (QED) is 0.133. The van der Waals surface area contributed by atoms with Crippen molar-refractivity contribution in [3.05, 3.63) is 28.3 Å². The molecule has 0 heterocycles. The van der Waals surface area contributed by atoms with E-state index in [1.54, 1.807) is 0 Å². The fraction of sp³-hybridized carbons (Fsp3) is 0.562. The second-order valence-electron chi connectivity index (χ2n) is 7.33. The molecule has 1 atom stereocenters. The minimum Gasteiger partial charge on any atom is -0.458 e. The van der Waals surface area contributed by atoms with Crippen molar-refractivity contribution in [2.24, 2.45) is 0 Å². The molecule has 0 saturated heterocycles. The number of alkyl halides is 15. The average molecular weight is 675 g/mol. The van der Waals surface area contributed by atoms with E-state index in [-0.39, 0.29) is 12.1 Å². The predicted molar refractivity (Wildman–Crippen MR) is 99.3 cm³/mol. The van der Waals surface area contributed by atoms with Crippen LogP contribution < -0.4 is 0 Å². The minimum atomic E-state index is -7.25. The molecule has 41 heavy (non-hydrogen) atoms. The SMILES string of the molecule is O=C(CS(=O)c1ccc(S(=O)(=O)C(F)(F)C(F)(F)C(F)(F)F)cc1[N+](=O)[O-])OCC(F)(F)C(F)(F)C(F)(F)C(F)F. The number of nitro benzene ring substituents is 1. The van der Waals surface area contributed by atoms with E-state index in [2.05, 4.69) is 4.74 Å². The van der Waals surface area contributed by atoms with Gasteiger partial charge in [-0.1, -0.05) is 0 Å². The molecule has 0 aromatic heterocycles. The normalized spacial score (nSPS) is 15.1. The van der Waals surface area contributed by atoms with Gasteiger partial charge in [-0.3, -0.25) is 19.1 Å². The third-order valence-corrected chi connectivity index (χ3v) is 7.70. The van der Waals surface area contributed by atoms with Crippen molar-refractivity contribution in [3.63, 3.8) is 0 Å². The van der Waals surface area contributed by atoms with Crippen molar-refractivity contribution >= 4 is 32.3 Å². The Kier molecular flexibility index (Phi) is 9.78. The predicted octanol–water partition coefficient (Wildman–Crippen LogP) is 4.98. The summed E-state index contributed by atoms with van der Waals surface area (Å²) < 4.78 is 233. The molecule has 1 rings (SSSR count). The summed E-state index contributed by atoms with van der Waals surface area (Å²) in [6, 6.07) is -1.06. The second kappa shape index (κ2) is 11.1. The lowest BCUT2D eigenvalue weighted by Crippen LogP contribution is -2.59. The largest absolute Gasteiger partial charge is 0.461 e. The summed E-state index contributed by atoms with van der Waals surface area (Å²) in [7, 11) is -10.5. The highest BCUT2D eigenvalue weighted by Gasteiger charge is 2.79. The first kappa shape index (κ1) is 36.2. The molecule has 236 valence electrons. The number of ether oxygens (including phenoxy) is 1. The Bertz CT molecular complexity index is 1310. The highest BCUT2D eigenvalue weighted by atomic mass is 32.2. The van der Waals surface area contributed by atoms with Crippen molar-refractivity contribution in [1.82, 2.24) is 0 Å². The molecule has 0 saturated carbocycles. The van der Waals surface area contributed by atoms with Gasteiger partial charge in [0.25, 0.3) is 15.5 Å². The van der Waals surface area contributed by atoms with Gasteiger partial charge in [-0.15, -0.1) is 0 Å². The van der Waals surface area contributed by atoms with Crippen molar-refractivity contribution in [3.8, 4) is 0 Å². The Morgan fingerprint density at radius 2 is 1.41 bits per heavy atom. The van der Waals surface area contributed by atoms with Gasteiger partial charge in [0.2, 0.25) is 0 Å². The van der Waals surface area contributed by atoms with Crippen LogP contribution in [-0.4, -0.2) is 77.4 Å². The van der Waals surface area contributed by atoms with E-state index < -0.39 is 107 Å². The third-order valence-electron chi connectivity index (χ3n) is 4.56. The fourth-order valence-corrected chi connectivity index (χ4v) is 4.65. The first-order valence-electron chi connectivity index (χ1n) is 9.31. The number of nitrogens with zero attached hydrogens (tertiary/aromatic N) is 1. The number of esters is 1. The van der Waals surface area contributed by atoms with Crippen molar-refractivity contribution in [1.29, 1.82) is 0 Å². The van der Waals surface area contributed by atoms with Crippen LogP contribution in [0.25, 0.3) is 0 Å². The lowest BCUT2D eigenvalue weighted by molar-refractivity contribution is -0.388. The van der Waals surface area contributed by atoms with E-state index in [9.17, 15) is 93.4 Å². The van der Waals surface area contributed by atoms with Gasteiger partial charge in [0.15, 0.2) is 6.61 Å². The number of halogens is 15. The van der Waals surface area contributed by atoms with Crippen LogP contribution in [-0.2, 0) is 30.2 Å². The second-order valence-corrected chi connectivity index (χ2v) is 10.7. The molecule has 1 unspecified atom stereocenters. The van der Waals surface area contributed by atoms with Crippen molar-refractivity contribution < 1.29 is 92.9 Å². The monoisotopic (exact) mass is 675 g/mol. The third kappa shape index (κ3) is 6.33. The number of hydrogen-bond acceptors (Lipinski definition) is 7. The molecule has 25 heteroatoms. The van der Waals surface area contributed by atoms with Gasteiger partial charge in [-0.25, -0.2) is 17.2 Å². The zero-order valence-electron chi connectivity index (χ0n) is 18.5. The topological polar surface area (TPSA) is 121 Å². The number of carbonyl (C=O) groups excluding carboxylic acids is 1. The van der Waals surface area contributed by atoms with Crippen molar-refractivity contribution in [2.75, 3.05) is 12.4 Å². The van der Waals surface area contributed by atoms with E-state index in [4.69, 9.17) is 0 Å². The maximum atomic E-state index is 13.8. The van der Waals surface area contributed by atoms with E-state index >= 15 is 0 Å². The Hall–Kier alpha value is -2.86. The highest BCUT2D eigenvalue weighted by Crippen LogP contribution is 2.51. The van der Waals surface area contributed by atoms with Gasteiger partial charge in [0.05, 0.1) is 20.6 Å². The van der Waals surface area contributed by atoms with E-state index in [1.807, 2.05) is 0 Å². The molecule has 8 nitrogen and oxygen atoms in total. The number of rotatable bonds is 12. The zero-order chi connectivity index (χ0) is 32.8. The molecule has 0 bridgehead atoms. The Balaban J connectivity index is 3.30. The molecule has 0 aliphatic heterocycles. The van der Waals surface area contributed by atoms with Gasteiger partial charge in [-0.05, 0) is 12.1 Å². The highest BCUT2D eigenvalue weighted by molar-refractivity contribution is 7.92. The molecule has 0 aliphatic rings. The lowest BCUT2D eigenvalue weighted by atomic mass is 10.1. The molecule has 1 aromatic rings. The van der Waals surface area contributed by atoms with Crippen LogP contribution in [0.3, 0.4) is 0 Å². The fourth-order valence-electron chi connectivity index (χ4n) is 2.35. The van der Waals surface area contributed by atoms with Gasteiger partial charge >= 0.3 is 47.5 Å². The molecule has 0 amide bonds. The number of sulfone groups is 1. The molecular weight excluding hydrogens is 667 g/mol. The molecule has 0 radical (unpaired) electrons. The number of benzene rings is 1. The molecular formula is C16H8F15NO7S2. The molecule has 0 N–H and O–H groups in total. The van der Waals surface area contributed by atoms with Crippen LogP contribution in [0.4, 0.5) is 71.5 Å². The van der Waals surface area contributed by atoms with Gasteiger partial charge in [0.1, 0.15) is 10.6 Å². The number of carbonyl (C=O) groups is 1. The van der Waals surface area contributed by atoms with Gasteiger partial charge in [-0.2, -0.15) is 57.1 Å². The van der Waals surface area contributed by atoms with Crippen molar-refractivity contribution in [2.45, 2.75) is 51.3 Å². The standard InChI is InChI=1S/C16H8F15NO7S2/c17-10(18)12(21,22)13(23,24)11(19,20)5-39-9(33)4-40(36)8-2-1-6(3-7(8)32(34)35)41(37,38)16(30,31)14(25,26)15(27,28)29/h1-3,10H,4-5H2. The van der Waals surface area contributed by atoms with E-state index in [0.29, 0.717) is 0 Å². The summed E-state index contributed by atoms with van der Waals surface area (Å²) in [4.78, 5) is 17.2. The van der Waals surface area contributed by atoms with Gasteiger partial charge < -0.3 is 4.74 Å². The number of hydrogen-bond donors (Lipinski definition) is 0. The lowest BCUT2D eigenvalue weighted by Gasteiger charge is -2.31. The van der Waals surface area contributed by atoms with Crippen LogP contribution in [0.2, 0.25) is 0 Å². The summed E-state index contributed by atoms with van der Waals surface area (Å²) in [5.74, 6) is -31.2. The molecule has 0 spiro atoms. The Labute approximate surface area is 217 Å². The average Bonchev–Trinajstić information content (AvgIpc) is 2.80. The molecule has 0 aliphatic carbocycles. The molecule has 0 fully saturated rings. The maximum absolute atomic E-state index is 13.8. The Morgan fingerprint density at radius 3 is 1.83 bits per heavy atom. The summed E-state index contributed by atoms with van der Waals surface area (Å²) in [6.45, 7) is -3.06. The minimum absolute atomic E-state index is 0.137.